The van der Waals surface area contributed by atoms with Gasteiger partial charge in [-0.3, -0.25) is 9.97 Å². The van der Waals surface area contributed by atoms with E-state index in [4.69, 9.17) is 5.73 Å². The minimum absolute atomic E-state index is 0.176. The Morgan fingerprint density at radius 2 is 1.73 bits per heavy atom. The van der Waals surface area contributed by atoms with E-state index in [1.165, 1.54) is 36.7 Å². The summed E-state index contributed by atoms with van der Waals surface area (Å²) in [6, 6.07) is 7.25. The Balaban J connectivity index is 2.15. The highest BCUT2D eigenvalue weighted by Gasteiger charge is 2.31. The van der Waals surface area contributed by atoms with E-state index in [1.807, 2.05) is 0 Å². The van der Waals surface area contributed by atoms with Crippen molar-refractivity contribution in [3.05, 3.63) is 53.9 Å². The molecule has 136 valence electrons. The van der Waals surface area contributed by atoms with E-state index >= 15 is 0 Å². The zero-order valence-electron chi connectivity index (χ0n) is 13.8. The Bertz CT molecular complexity index is 925. The Morgan fingerprint density at radius 3 is 2.27 bits per heavy atom. The lowest BCUT2D eigenvalue weighted by atomic mass is 9.94. The van der Waals surface area contributed by atoms with Gasteiger partial charge in [-0.05, 0) is 36.2 Å². The van der Waals surface area contributed by atoms with Gasteiger partial charge in [-0.1, -0.05) is 12.1 Å². The monoisotopic (exact) mass is 363 g/mol. The number of aliphatic hydroxyl groups excluding tert-OH is 1. The van der Waals surface area contributed by atoms with E-state index in [-0.39, 0.29) is 12.3 Å². The minimum atomic E-state index is -4.74. The smallest absolute Gasteiger partial charge is 0.406 e. The van der Waals surface area contributed by atoms with Gasteiger partial charge in [-0.2, -0.15) is 0 Å². The van der Waals surface area contributed by atoms with E-state index in [2.05, 4.69) is 14.7 Å². The Labute approximate surface area is 147 Å². The highest BCUT2D eigenvalue weighted by molar-refractivity contribution is 5.94. The number of aromatic nitrogens is 2. The molecule has 2 aromatic carbocycles. The molecule has 0 aliphatic heterocycles. The Kier molecular flexibility index (Phi) is 4.80. The van der Waals surface area contributed by atoms with Crippen LogP contribution in [-0.4, -0.2) is 21.4 Å². The number of nitrogens with two attached hydrogens (primary N) is 1. The lowest BCUT2D eigenvalue weighted by Crippen LogP contribution is -2.16. The number of hydrogen-bond donors (Lipinski definition) is 2. The van der Waals surface area contributed by atoms with E-state index in [9.17, 15) is 18.3 Å². The molecule has 5 nitrogen and oxygen atoms in total. The minimum Gasteiger partial charge on any atom is -0.406 e. The standard InChI is InChI=1S/C18H16F3N3O2/c1-10(25)15-12(9-22)8-14(16-17(15)24-7-6-23-16)11-2-4-13(5-3-11)26-18(19,20)21/h2-8,10,25H,9,22H2,1H3. The summed E-state index contributed by atoms with van der Waals surface area (Å²) in [4.78, 5) is 8.64. The number of alkyl halides is 3. The highest BCUT2D eigenvalue weighted by atomic mass is 19.4. The van der Waals surface area contributed by atoms with Crippen LogP contribution in [0.25, 0.3) is 22.2 Å². The fourth-order valence-electron chi connectivity index (χ4n) is 2.90. The van der Waals surface area contributed by atoms with E-state index in [1.54, 1.807) is 13.0 Å². The molecule has 1 aromatic heterocycles. The number of benzene rings is 2. The first kappa shape index (κ1) is 18.1. The number of nitrogens with zero attached hydrogens (tertiary/aromatic N) is 2. The maximum Gasteiger partial charge on any atom is 0.573 e. The van der Waals surface area contributed by atoms with Gasteiger partial charge in [-0.15, -0.1) is 13.2 Å². The van der Waals surface area contributed by atoms with Crippen molar-refractivity contribution in [2.24, 2.45) is 5.73 Å². The molecular weight excluding hydrogens is 347 g/mol. The SMILES string of the molecule is CC(O)c1c(CN)cc(-c2ccc(OC(F)(F)F)cc2)c2nccnc12. The summed E-state index contributed by atoms with van der Waals surface area (Å²) in [5.74, 6) is -0.309. The fourth-order valence-corrected chi connectivity index (χ4v) is 2.90. The van der Waals surface area contributed by atoms with Crippen molar-refractivity contribution >= 4 is 11.0 Å². The van der Waals surface area contributed by atoms with Gasteiger partial charge in [0.05, 0.1) is 17.1 Å². The van der Waals surface area contributed by atoms with Crippen molar-refractivity contribution < 1.29 is 23.0 Å². The van der Waals surface area contributed by atoms with Crippen LogP contribution in [0, 0.1) is 0 Å². The number of fused-ring (bicyclic) bond motifs is 1. The van der Waals surface area contributed by atoms with Crippen molar-refractivity contribution in [2.75, 3.05) is 0 Å². The maximum atomic E-state index is 12.3. The number of aliphatic hydroxyl groups is 1. The molecule has 26 heavy (non-hydrogen) atoms. The van der Waals surface area contributed by atoms with E-state index < -0.39 is 12.5 Å². The molecule has 8 heteroatoms. The normalized spacial score (nSPS) is 13.0. The third-order valence-electron chi connectivity index (χ3n) is 3.91. The maximum absolute atomic E-state index is 12.3. The van der Waals surface area contributed by atoms with Crippen LogP contribution in [0.15, 0.2) is 42.7 Å². The molecule has 0 aliphatic rings. The molecule has 1 atom stereocenters. The summed E-state index contributed by atoms with van der Waals surface area (Å²) in [7, 11) is 0. The molecule has 0 fully saturated rings. The van der Waals surface area contributed by atoms with Crippen molar-refractivity contribution in [3.8, 4) is 16.9 Å². The average molecular weight is 363 g/mol. The number of hydrogen-bond acceptors (Lipinski definition) is 5. The fraction of sp³-hybridized carbons (Fsp3) is 0.222. The van der Waals surface area contributed by atoms with Gasteiger partial charge >= 0.3 is 6.36 Å². The zero-order valence-corrected chi connectivity index (χ0v) is 13.8. The molecule has 3 rings (SSSR count). The van der Waals surface area contributed by atoms with Crippen LogP contribution < -0.4 is 10.5 Å². The molecule has 0 saturated heterocycles. The van der Waals surface area contributed by atoms with Crippen molar-refractivity contribution in [3.63, 3.8) is 0 Å². The van der Waals surface area contributed by atoms with Gasteiger partial charge in [0, 0.05) is 30.1 Å². The molecule has 0 radical (unpaired) electrons. The molecule has 0 saturated carbocycles. The van der Waals surface area contributed by atoms with Gasteiger partial charge in [-0.25, -0.2) is 0 Å². The number of ether oxygens (including phenoxy) is 1. The van der Waals surface area contributed by atoms with E-state index in [0.29, 0.717) is 33.3 Å². The highest BCUT2D eigenvalue weighted by Crippen LogP contribution is 2.35. The first-order chi connectivity index (χ1) is 12.3. The van der Waals surface area contributed by atoms with Gasteiger partial charge in [0.2, 0.25) is 0 Å². The van der Waals surface area contributed by atoms with Crippen LogP contribution in [0.3, 0.4) is 0 Å². The molecule has 0 bridgehead atoms. The summed E-state index contributed by atoms with van der Waals surface area (Å²) in [6.07, 6.45) is -2.51. The molecular formula is C18H16F3N3O2. The summed E-state index contributed by atoms with van der Waals surface area (Å²) >= 11 is 0. The van der Waals surface area contributed by atoms with Crippen LogP contribution in [-0.2, 0) is 6.54 Å². The van der Waals surface area contributed by atoms with Crippen LogP contribution in [0.5, 0.6) is 5.75 Å². The summed E-state index contributed by atoms with van der Waals surface area (Å²) in [6.45, 7) is 1.79. The van der Waals surface area contributed by atoms with Gasteiger partial charge < -0.3 is 15.6 Å². The third kappa shape index (κ3) is 3.61. The largest absolute Gasteiger partial charge is 0.573 e. The lowest BCUT2D eigenvalue weighted by molar-refractivity contribution is -0.274. The van der Waals surface area contributed by atoms with Crippen molar-refractivity contribution in [2.45, 2.75) is 25.9 Å². The van der Waals surface area contributed by atoms with Gasteiger partial charge in [0.15, 0.2) is 0 Å². The zero-order chi connectivity index (χ0) is 18.9. The van der Waals surface area contributed by atoms with Crippen LogP contribution >= 0.6 is 0 Å². The predicted molar refractivity (Wildman–Crippen MR) is 90.2 cm³/mol. The van der Waals surface area contributed by atoms with Crippen LogP contribution in [0.2, 0.25) is 0 Å². The molecule has 3 N–H and O–H groups in total. The first-order valence-electron chi connectivity index (χ1n) is 7.81. The molecule has 3 aromatic rings. The first-order valence-corrected chi connectivity index (χ1v) is 7.81. The topological polar surface area (TPSA) is 81.3 Å². The molecule has 1 unspecified atom stereocenters. The Hall–Kier alpha value is -2.71. The lowest BCUT2D eigenvalue weighted by Gasteiger charge is -2.17. The van der Waals surface area contributed by atoms with E-state index in [0.717, 1.165) is 0 Å². The summed E-state index contributed by atoms with van der Waals surface area (Å²) < 4.78 is 40.8. The second kappa shape index (κ2) is 6.89. The van der Waals surface area contributed by atoms with Crippen molar-refractivity contribution in [1.82, 2.24) is 9.97 Å². The summed E-state index contributed by atoms with van der Waals surface area (Å²) in [5.41, 5.74) is 9.44. The number of halogens is 3. The molecule has 0 amide bonds. The predicted octanol–water partition coefficient (Wildman–Crippen LogP) is 3.71. The molecule has 0 spiro atoms. The number of rotatable bonds is 4. The van der Waals surface area contributed by atoms with Crippen molar-refractivity contribution in [1.29, 1.82) is 0 Å². The third-order valence-corrected chi connectivity index (χ3v) is 3.91. The summed E-state index contributed by atoms with van der Waals surface area (Å²) in [5, 5.41) is 10.1. The average Bonchev–Trinajstić information content (AvgIpc) is 2.59. The van der Waals surface area contributed by atoms with Crippen LogP contribution in [0.4, 0.5) is 13.2 Å². The molecule has 0 aliphatic carbocycles. The van der Waals surface area contributed by atoms with Gasteiger partial charge in [0.1, 0.15) is 5.75 Å². The van der Waals surface area contributed by atoms with Crippen LogP contribution in [0.1, 0.15) is 24.2 Å². The molecule has 1 heterocycles. The second-order valence-electron chi connectivity index (χ2n) is 5.70. The Morgan fingerprint density at radius 1 is 1.12 bits per heavy atom. The quantitative estimate of drug-likeness (QED) is 0.739. The second-order valence-corrected chi connectivity index (χ2v) is 5.70. The van der Waals surface area contributed by atoms with Gasteiger partial charge in [0.25, 0.3) is 0 Å².